The number of hydrogen-bond donors (Lipinski definition) is 0. The van der Waals surface area contributed by atoms with E-state index in [1.165, 1.54) is 18.5 Å². The lowest BCUT2D eigenvalue weighted by atomic mass is 10.0. The van der Waals surface area contributed by atoms with Gasteiger partial charge in [0, 0.05) is 0 Å². The van der Waals surface area contributed by atoms with Gasteiger partial charge in [-0.25, -0.2) is 9.67 Å². The van der Waals surface area contributed by atoms with E-state index >= 15 is 0 Å². The predicted molar refractivity (Wildman–Crippen MR) is 96.4 cm³/mol. The molecule has 2 aromatic carbocycles. The fourth-order valence-corrected chi connectivity index (χ4v) is 2.89. The number of aromatic nitrogens is 4. The number of fused-ring (bicyclic) bond motifs is 1. The molecule has 150 valence electrons. The third-order valence-corrected chi connectivity index (χ3v) is 4.17. The molecule has 0 bridgehead atoms. The second-order valence-electron chi connectivity index (χ2n) is 6.24. The van der Waals surface area contributed by atoms with Gasteiger partial charge in [0.05, 0.1) is 11.9 Å². The zero-order valence-corrected chi connectivity index (χ0v) is 15.2. The molecule has 0 saturated carbocycles. The molecule has 0 fully saturated rings. The normalized spacial score (nSPS) is 11.7. The summed E-state index contributed by atoms with van der Waals surface area (Å²) in [5.41, 5.74) is 2.92. The molecule has 0 saturated heterocycles. The summed E-state index contributed by atoms with van der Waals surface area (Å²) >= 11 is 0. The maximum absolute atomic E-state index is 12.3. The highest BCUT2D eigenvalue weighted by Gasteiger charge is 2.31. The van der Waals surface area contributed by atoms with Crippen LogP contribution < -0.4 is 9.47 Å². The Balaban J connectivity index is 1.57. The number of hydrogen-bond acceptors (Lipinski definition) is 6. The molecule has 4 rings (SSSR count). The average Bonchev–Trinajstić information content (AvgIpc) is 3.32. The van der Waals surface area contributed by atoms with Gasteiger partial charge in [0.25, 0.3) is 5.88 Å². The maximum Gasteiger partial charge on any atom is 0.573 e. The summed E-state index contributed by atoms with van der Waals surface area (Å²) in [4.78, 5) is 3.86. The minimum Gasteiger partial charge on any atom is -0.473 e. The van der Waals surface area contributed by atoms with Crippen LogP contribution in [0.1, 0.15) is 5.56 Å². The number of nitrogens with zero attached hydrogens (tertiary/aromatic N) is 4. The van der Waals surface area contributed by atoms with Crippen LogP contribution in [-0.2, 0) is 6.54 Å². The Morgan fingerprint density at radius 2 is 1.90 bits per heavy atom. The fourth-order valence-electron chi connectivity index (χ4n) is 2.89. The maximum atomic E-state index is 12.3. The van der Waals surface area contributed by atoms with Crippen LogP contribution in [0.15, 0.2) is 53.6 Å². The van der Waals surface area contributed by atoms with Gasteiger partial charge >= 0.3 is 6.36 Å². The first-order chi connectivity index (χ1) is 13.9. The van der Waals surface area contributed by atoms with E-state index in [-0.39, 0.29) is 5.75 Å². The second-order valence-corrected chi connectivity index (χ2v) is 6.24. The average molecular weight is 404 g/mol. The van der Waals surface area contributed by atoms with Crippen molar-refractivity contribution in [2.45, 2.75) is 19.8 Å². The lowest BCUT2D eigenvalue weighted by Crippen LogP contribution is -2.16. The van der Waals surface area contributed by atoms with Gasteiger partial charge < -0.3 is 14.0 Å². The monoisotopic (exact) mass is 404 g/mol. The van der Waals surface area contributed by atoms with Crippen LogP contribution in [0.3, 0.4) is 0 Å². The van der Waals surface area contributed by atoms with Crippen LogP contribution in [-0.4, -0.2) is 32.9 Å². The summed E-state index contributed by atoms with van der Waals surface area (Å²) in [6.07, 6.45) is -1.71. The topological polar surface area (TPSA) is 75.2 Å². The van der Waals surface area contributed by atoms with Crippen molar-refractivity contribution < 1.29 is 27.2 Å². The Morgan fingerprint density at radius 3 is 2.59 bits per heavy atom. The van der Waals surface area contributed by atoms with Gasteiger partial charge in [-0.2, -0.15) is 5.10 Å². The minimum atomic E-state index is -4.72. The molecule has 29 heavy (non-hydrogen) atoms. The van der Waals surface area contributed by atoms with Crippen molar-refractivity contribution in [1.82, 2.24) is 19.9 Å². The molecule has 0 aliphatic heterocycles. The van der Waals surface area contributed by atoms with Crippen molar-refractivity contribution in [3.63, 3.8) is 0 Å². The smallest absolute Gasteiger partial charge is 0.473 e. The van der Waals surface area contributed by atoms with Crippen LogP contribution in [0.4, 0.5) is 13.2 Å². The fraction of sp³-hybridized carbons (Fsp3) is 0.211. The molecule has 4 aromatic rings. The Morgan fingerprint density at radius 1 is 1.10 bits per heavy atom. The Labute approximate surface area is 162 Å². The van der Waals surface area contributed by atoms with Gasteiger partial charge in [0.2, 0.25) is 0 Å². The van der Waals surface area contributed by atoms with Crippen molar-refractivity contribution >= 4 is 11.0 Å². The third-order valence-electron chi connectivity index (χ3n) is 4.17. The van der Waals surface area contributed by atoms with Crippen molar-refractivity contribution in [2.75, 3.05) is 6.61 Å². The lowest BCUT2D eigenvalue weighted by Gasteiger charge is -2.10. The van der Waals surface area contributed by atoms with Gasteiger partial charge in [-0.1, -0.05) is 12.1 Å². The van der Waals surface area contributed by atoms with E-state index in [1.54, 1.807) is 23.1 Å². The summed E-state index contributed by atoms with van der Waals surface area (Å²) in [7, 11) is 0. The van der Waals surface area contributed by atoms with Crippen LogP contribution in [0.25, 0.3) is 22.1 Å². The van der Waals surface area contributed by atoms with Gasteiger partial charge in [-0.05, 0) is 53.0 Å². The van der Waals surface area contributed by atoms with Crippen LogP contribution >= 0.6 is 0 Å². The molecule has 0 radical (unpaired) electrons. The number of ether oxygens (including phenoxy) is 2. The predicted octanol–water partition coefficient (Wildman–Crippen LogP) is 4.37. The number of halogens is 3. The molecule has 0 aliphatic rings. The standard InChI is InChI=1S/C19H15F3N4O3/c1-12-8-14(13-2-4-15(5-3-13)28-19(20,21)22)9-16-17(12)29-25-18(16)27-7-6-26-11-23-10-24-26/h2-5,8-11H,6-7H2,1H3. The quantitative estimate of drug-likeness (QED) is 0.475. The summed E-state index contributed by atoms with van der Waals surface area (Å²) in [6, 6.07) is 9.34. The molecule has 10 heteroatoms. The van der Waals surface area contributed by atoms with Crippen LogP contribution in [0, 0.1) is 6.92 Å². The summed E-state index contributed by atoms with van der Waals surface area (Å²) in [5, 5.41) is 8.65. The molecule has 2 heterocycles. The first-order valence-corrected chi connectivity index (χ1v) is 8.60. The second kappa shape index (κ2) is 7.46. The Kier molecular flexibility index (Phi) is 4.83. The summed E-state index contributed by atoms with van der Waals surface area (Å²) < 4.78 is 53.6. The van der Waals surface area contributed by atoms with Gasteiger partial charge in [-0.3, -0.25) is 0 Å². The van der Waals surface area contributed by atoms with Crippen molar-refractivity contribution in [1.29, 1.82) is 0 Å². The third kappa shape index (κ3) is 4.31. The van der Waals surface area contributed by atoms with Crippen molar-refractivity contribution in [2.24, 2.45) is 0 Å². The van der Waals surface area contributed by atoms with E-state index < -0.39 is 6.36 Å². The number of rotatable bonds is 6. The van der Waals surface area contributed by atoms with E-state index in [9.17, 15) is 13.2 Å². The molecule has 0 spiro atoms. The highest BCUT2D eigenvalue weighted by atomic mass is 19.4. The molecular weight excluding hydrogens is 389 g/mol. The van der Waals surface area contributed by atoms with Crippen LogP contribution in [0.2, 0.25) is 0 Å². The van der Waals surface area contributed by atoms with Gasteiger partial charge in [-0.15, -0.1) is 13.2 Å². The summed E-state index contributed by atoms with van der Waals surface area (Å²) in [6.45, 7) is 2.67. The van der Waals surface area contributed by atoms with Gasteiger partial charge in [0.15, 0.2) is 5.58 Å². The first kappa shape index (κ1) is 18.8. The SMILES string of the molecule is Cc1cc(-c2ccc(OC(F)(F)F)cc2)cc2c(OCCn3cncn3)noc12. The van der Waals surface area contributed by atoms with E-state index in [2.05, 4.69) is 20.0 Å². The number of aryl methyl sites for hydroxylation is 1. The van der Waals surface area contributed by atoms with Crippen LogP contribution in [0.5, 0.6) is 11.6 Å². The van der Waals surface area contributed by atoms with E-state index in [4.69, 9.17) is 9.26 Å². The lowest BCUT2D eigenvalue weighted by molar-refractivity contribution is -0.274. The number of alkyl halides is 3. The molecule has 0 aliphatic carbocycles. The van der Waals surface area contributed by atoms with Gasteiger partial charge in [0.1, 0.15) is 25.0 Å². The minimum absolute atomic E-state index is 0.277. The van der Waals surface area contributed by atoms with Crippen molar-refractivity contribution in [3.8, 4) is 22.8 Å². The van der Waals surface area contributed by atoms with E-state index in [1.807, 2.05) is 19.1 Å². The number of benzene rings is 2. The highest BCUT2D eigenvalue weighted by Crippen LogP contribution is 2.34. The van der Waals surface area contributed by atoms with E-state index in [0.29, 0.717) is 30.0 Å². The molecular formula is C19H15F3N4O3. The zero-order chi connectivity index (χ0) is 20.4. The molecule has 0 atom stereocenters. The molecule has 0 amide bonds. The molecule has 0 unspecified atom stereocenters. The molecule has 7 nitrogen and oxygen atoms in total. The summed E-state index contributed by atoms with van der Waals surface area (Å²) in [5.74, 6) is 0.0586. The Bertz CT molecular complexity index is 1110. The zero-order valence-electron chi connectivity index (χ0n) is 15.2. The van der Waals surface area contributed by atoms with E-state index in [0.717, 1.165) is 16.7 Å². The highest BCUT2D eigenvalue weighted by molar-refractivity contribution is 5.89. The van der Waals surface area contributed by atoms with Crippen molar-refractivity contribution in [3.05, 3.63) is 54.6 Å². The first-order valence-electron chi connectivity index (χ1n) is 8.60. The molecule has 0 N–H and O–H groups in total. The Hall–Kier alpha value is -3.56. The largest absolute Gasteiger partial charge is 0.573 e. The molecule has 2 aromatic heterocycles.